The van der Waals surface area contributed by atoms with Crippen molar-refractivity contribution in [2.45, 2.75) is 83.3 Å². The Bertz CT molecular complexity index is 910. The van der Waals surface area contributed by atoms with Crippen LogP contribution in [-0.2, 0) is 22.4 Å². The normalized spacial score (nSPS) is 16.7. The quantitative estimate of drug-likeness (QED) is 0.292. The minimum Gasteiger partial charge on any atom is -0.459 e. The second kappa shape index (κ2) is 13.6. The molecular weight excluding hydrogens is 450 g/mol. The third-order valence-corrected chi connectivity index (χ3v) is 7.42. The smallest absolute Gasteiger partial charge is 0.348 e. The number of amides is 1. The lowest BCUT2D eigenvalue weighted by Crippen LogP contribution is -2.32. The van der Waals surface area contributed by atoms with Crippen LogP contribution in [0.3, 0.4) is 0 Å². The topological polar surface area (TPSA) is 87.1 Å². The molecule has 34 heavy (non-hydrogen) atoms. The average Bonchev–Trinajstić information content (AvgIpc) is 3.47. The van der Waals surface area contributed by atoms with E-state index in [2.05, 4.69) is 31.2 Å². The molecule has 7 heteroatoms. The van der Waals surface area contributed by atoms with Crippen LogP contribution in [0, 0.1) is 0 Å². The highest BCUT2D eigenvalue weighted by Crippen LogP contribution is 2.30. The van der Waals surface area contributed by atoms with Gasteiger partial charge < -0.3 is 19.8 Å². The zero-order chi connectivity index (χ0) is 24.3. The first-order valence-electron chi connectivity index (χ1n) is 12.5. The molecule has 0 bridgehead atoms. The molecule has 1 saturated heterocycles. The Balaban J connectivity index is 1.48. The van der Waals surface area contributed by atoms with E-state index in [1.165, 1.54) is 42.6 Å². The van der Waals surface area contributed by atoms with Crippen molar-refractivity contribution in [2.75, 3.05) is 18.1 Å². The number of ether oxygens (including phenoxy) is 1. The number of thiophene rings is 1. The highest BCUT2D eigenvalue weighted by Gasteiger charge is 2.31. The van der Waals surface area contributed by atoms with Crippen LogP contribution in [0.25, 0.3) is 0 Å². The molecule has 1 aromatic heterocycles. The number of carbonyl (C=O) groups excluding carboxylic acids is 2. The van der Waals surface area contributed by atoms with Crippen molar-refractivity contribution in [2.24, 2.45) is 0 Å². The van der Waals surface area contributed by atoms with Crippen LogP contribution in [0.15, 0.2) is 36.4 Å². The molecule has 186 valence electrons. The largest absolute Gasteiger partial charge is 0.459 e. The zero-order valence-corrected chi connectivity index (χ0v) is 20.9. The maximum absolute atomic E-state index is 12.6. The van der Waals surface area contributed by atoms with Gasteiger partial charge in [-0.2, -0.15) is 0 Å². The summed E-state index contributed by atoms with van der Waals surface area (Å²) in [6.45, 7) is 1.57. The molecule has 2 atom stereocenters. The second-order valence-electron chi connectivity index (χ2n) is 9.03. The Morgan fingerprint density at radius 2 is 1.91 bits per heavy atom. The summed E-state index contributed by atoms with van der Waals surface area (Å²) in [5.41, 5.74) is 2.33. The summed E-state index contributed by atoms with van der Waals surface area (Å²) in [4.78, 5) is 28.2. The van der Waals surface area contributed by atoms with Gasteiger partial charge in [0.2, 0.25) is 5.91 Å². The second-order valence-corrected chi connectivity index (χ2v) is 10.2. The van der Waals surface area contributed by atoms with Gasteiger partial charge in [0.15, 0.2) is 0 Å². The molecule has 0 spiro atoms. The number of aliphatic hydroxyl groups is 2. The van der Waals surface area contributed by atoms with Gasteiger partial charge in [-0.3, -0.25) is 4.79 Å². The number of rotatable bonds is 14. The first-order valence-corrected chi connectivity index (χ1v) is 13.3. The van der Waals surface area contributed by atoms with Crippen LogP contribution in [0.2, 0.25) is 0 Å². The van der Waals surface area contributed by atoms with E-state index in [1.54, 1.807) is 6.07 Å². The van der Waals surface area contributed by atoms with Gasteiger partial charge in [-0.25, -0.2) is 4.79 Å². The minimum atomic E-state index is -1.05. The molecule has 2 heterocycles. The molecule has 1 amide bonds. The number of unbranched alkanes of at least 4 members (excludes halogenated alkanes) is 3. The van der Waals surface area contributed by atoms with Crippen LogP contribution in [0.4, 0.5) is 5.69 Å². The van der Waals surface area contributed by atoms with Gasteiger partial charge in [0.25, 0.3) is 0 Å². The van der Waals surface area contributed by atoms with Crippen LogP contribution >= 0.6 is 11.3 Å². The predicted molar refractivity (Wildman–Crippen MR) is 135 cm³/mol. The lowest BCUT2D eigenvalue weighted by molar-refractivity contribution is -0.117. The summed E-state index contributed by atoms with van der Waals surface area (Å²) in [7, 11) is 0. The van der Waals surface area contributed by atoms with Gasteiger partial charge in [0, 0.05) is 23.0 Å². The summed E-state index contributed by atoms with van der Waals surface area (Å²) >= 11 is 1.39. The van der Waals surface area contributed by atoms with E-state index in [-0.39, 0.29) is 18.6 Å². The number of carbonyl (C=O) groups is 2. The van der Waals surface area contributed by atoms with Gasteiger partial charge in [0.1, 0.15) is 17.6 Å². The van der Waals surface area contributed by atoms with E-state index in [4.69, 9.17) is 9.84 Å². The lowest BCUT2D eigenvalue weighted by atomic mass is 10.0. The van der Waals surface area contributed by atoms with Crippen molar-refractivity contribution in [3.63, 3.8) is 0 Å². The third kappa shape index (κ3) is 7.65. The zero-order valence-electron chi connectivity index (χ0n) is 20.1. The van der Waals surface area contributed by atoms with Crippen molar-refractivity contribution < 1.29 is 24.5 Å². The fourth-order valence-corrected chi connectivity index (χ4v) is 5.32. The highest BCUT2D eigenvalue weighted by atomic mass is 32.1. The lowest BCUT2D eigenvalue weighted by Gasteiger charge is -2.25. The predicted octanol–water partition coefficient (Wildman–Crippen LogP) is 4.90. The van der Waals surface area contributed by atoms with Gasteiger partial charge in [0.05, 0.1) is 6.61 Å². The molecular formula is C27H37NO5S. The number of benzene rings is 1. The number of anilines is 1. The first kappa shape index (κ1) is 26.4. The van der Waals surface area contributed by atoms with E-state index in [1.807, 2.05) is 11.0 Å². The Labute approximate surface area is 206 Å². The van der Waals surface area contributed by atoms with Gasteiger partial charge in [-0.05, 0) is 68.4 Å². The number of nitrogens with zero attached hydrogens (tertiary/aromatic N) is 1. The number of esters is 1. The molecule has 6 nitrogen and oxygen atoms in total. The molecule has 1 aromatic carbocycles. The summed E-state index contributed by atoms with van der Waals surface area (Å²) in [6.07, 6.45) is 9.22. The molecule has 1 aliphatic heterocycles. The molecule has 0 radical (unpaired) electrons. The Morgan fingerprint density at radius 1 is 1.12 bits per heavy atom. The van der Waals surface area contributed by atoms with Gasteiger partial charge in [-0.15, -0.1) is 11.3 Å². The molecule has 1 fully saturated rings. The Morgan fingerprint density at radius 3 is 2.65 bits per heavy atom. The number of aryl methyl sites for hydroxylation is 2. The van der Waals surface area contributed by atoms with Crippen LogP contribution in [0.5, 0.6) is 0 Å². The first-order chi connectivity index (χ1) is 16.5. The Kier molecular flexibility index (Phi) is 10.6. The minimum absolute atomic E-state index is 0.201. The van der Waals surface area contributed by atoms with E-state index >= 15 is 0 Å². The maximum Gasteiger partial charge on any atom is 0.348 e. The molecule has 0 aliphatic carbocycles. The van der Waals surface area contributed by atoms with E-state index in [0.29, 0.717) is 11.3 Å². The van der Waals surface area contributed by atoms with Gasteiger partial charge in [-0.1, -0.05) is 38.3 Å². The molecule has 2 N–H and O–H groups in total. The monoisotopic (exact) mass is 487 g/mol. The van der Waals surface area contributed by atoms with E-state index < -0.39 is 18.7 Å². The van der Waals surface area contributed by atoms with E-state index in [9.17, 15) is 14.7 Å². The SMILES string of the molecule is CCCCCCc1ccc(N2C(=O)CC[C@@H]2CCCc2ccc(C(=O)OC[C@H](O)CO)s2)cc1. The summed E-state index contributed by atoms with van der Waals surface area (Å²) < 4.78 is 5.01. The average molecular weight is 488 g/mol. The van der Waals surface area contributed by atoms with Crippen LogP contribution < -0.4 is 4.90 Å². The Hall–Kier alpha value is -2.22. The summed E-state index contributed by atoms with van der Waals surface area (Å²) in [5.74, 6) is -0.281. The summed E-state index contributed by atoms with van der Waals surface area (Å²) in [6, 6.07) is 12.4. The number of hydrogen-bond donors (Lipinski definition) is 2. The molecule has 2 aromatic rings. The highest BCUT2D eigenvalue weighted by molar-refractivity contribution is 7.13. The molecule has 3 rings (SSSR count). The summed E-state index contributed by atoms with van der Waals surface area (Å²) in [5, 5.41) is 18.1. The number of aliphatic hydroxyl groups excluding tert-OH is 2. The van der Waals surface area contributed by atoms with Crippen molar-refractivity contribution in [3.8, 4) is 0 Å². The standard InChI is InChI=1S/C27H37NO5S/c1-2-3-4-5-7-20-10-12-22(13-11-20)28-21(14-17-26(28)31)8-6-9-24-15-16-25(34-24)27(32)33-19-23(30)18-29/h10-13,15-16,21,23,29-30H,2-9,14,17-19H2,1H3/t21-,23+/m0/s1. The van der Waals surface area contributed by atoms with Crippen LogP contribution in [-0.4, -0.2) is 47.4 Å². The number of hydrogen-bond acceptors (Lipinski definition) is 6. The van der Waals surface area contributed by atoms with Crippen molar-refractivity contribution in [1.29, 1.82) is 0 Å². The molecule has 0 saturated carbocycles. The van der Waals surface area contributed by atoms with Crippen molar-refractivity contribution in [1.82, 2.24) is 0 Å². The van der Waals surface area contributed by atoms with Gasteiger partial charge >= 0.3 is 5.97 Å². The third-order valence-electron chi connectivity index (χ3n) is 6.30. The fourth-order valence-electron chi connectivity index (χ4n) is 4.38. The fraction of sp³-hybridized carbons (Fsp3) is 0.556. The van der Waals surface area contributed by atoms with Crippen LogP contribution in [0.1, 0.15) is 78.4 Å². The van der Waals surface area contributed by atoms with Crippen molar-refractivity contribution in [3.05, 3.63) is 51.7 Å². The molecule has 0 unspecified atom stereocenters. The maximum atomic E-state index is 12.6. The van der Waals surface area contributed by atoms with Crippen molar-refractivity contribution >= 4 is 28.9 Å². The van der Waals surface area contributed by atoms with E-state index in [0.717, 1.165) is 42.7 Å². The molecule has 1 aliphatic rings.